The summed E-state index contributed by atoms with van der Waals surface area (Å²) in [5, 5.41) is 0. The number of hydrogen-bond donors (Lipinski definition) is 0. The van der Waals surface area contributed by atoms with Gasteiger partial charge in [-0.25, -0.2) is 4.98 Å². The number of alkyl halides is 3. The zero-order chi connectivity index (χ0) is 14.0. The fourth-order valence-corrected chi connectivity index (χ4v) is 1.60. The first kappa shape index (κ1) is 13.3. The van der Waals surface area contributed by atoms with Gasteiger partial charge in [0.2, 0.25) is 5.95 Å². The van der Waals surface area contributed by atoms with Crippen molar-refractivity contribution in [3.63, 3.8) is 0 Å². The van der Waals surface area contributed by atoms with Gasteiger partial charge in [-0.2, -0.15) is 4.39 Å². The lowest BCUT2D eigenvalue weighted by Crippen LogP contribution is -2.17. The summed E-state index contributed by atoms with van der Waals surface area (Å²) in [5.41, 5.74) is 0.883. The smallest absolute Gasteiger partial charge is 0.406 e. The number of hydrogen-bond acceptors (Lipinski definition) is 2. The van der Waals surface area contributed by atoms with Gasteiger partial charge in [-0.3, -0.25) is 0 Å². The van der Waals surface area contributed by atoms with Gasteiger partial charge in [-0.1, -0.05) is 12.1 Å². The average molecular weight is 271 g/mol. The van der Waals surface area contributed by atoms with Crippen LogP contribution in [0.1, 0.15) is 5.69 Å². The van der Waals surface area contributed by atoms with E-state index in [0.717, 1.165) is 12.1 Å². The van der Waals surface area contributed by atoms with E-state index in [-0.39, 0.29) is 11.1 Å². The van der Waals surface area contributed by atoms with Crippen LogP contribution < -0.4 is 4.74 Å². The van der Waals surface area contributed by atoms with E-state index in [4.69, 9.17) is 0 Å². The van der Waals surface area contributed by atoms with Gasteiger partial charge in [0, 0.05) is 11.3 Å². The number of aryl methyl sites for hydroxylation is 1. The van der Waals surface area contributed by atoms with Crippen molar-refractivity contribution in [3.8, 4) is 16.9 Å². The van der Waals surface area contributed by atoms with Crippen LogP contribution in [0.25, 0.3) is 11.1 Å². The van der Waals surface area contributed by atoms with Crippen LogP contribution in [-0.2, 0) is 0 Å². The van der Waals surface area contributed by atoms with Crippen molar-refractivity contribution in [1.82, 2.24) is 4.98 Å². The quantitative estimate of drug-likeness (QED) is 0.606. The van der Waals surface area contributed by atoms with Gasteiger partial charge < -0.3 is 4.74 Å². The minimum absolute atomic E-state index is 0.123. The van der Waals surface area contributed by atoms with Crippen LogP contribution in [0, 0.1) is 12.9 Å². The molecular weight excluding hydrogens is 262 g/mol. The van der Waals surface area contributed by atoms with Gasteiger partial charge in [0.15, 0.2) is 0 Å². The topological polar surface area (TPSA) is 22.1 Å². The van der Waals surface area contributed by atoms with Gasteiger partial charge in [0.05, 0.1) is 0 Å². The van der Waals surface area contributed by atoms with E-state index in [0.29, 0.717) is 5.69 Å². The molecule has 6 heteroatoms. The molecule has 0 fully saturated rings. The SMILES string of the molecule is Cc1ccc(-c2cccc(OC(F)(F)F)c2)c(F)n1. The standard InChI is InChI=1S/C13H9F4NO/c1-8-5-6-11(12(14)18-8)9-3-2-4-10(7-9)19-13(15,16)17/h2-7H,1H3. The molecule has 1 aromatic carbocycles. The van der Waals surface area contributed by atoms with E-state index in [2.05, 4.69) is 9.72 Å². The summed E-state index contributed by atoms with van der Waals surface area (Å²) in [5.74, 6) is -1.13. The minimum Gasteiger partial charge on any atom is -0.406 e. The molecule has 0 radical (unpaired) electrons. The summed E-state index contributed by atoms with van der Waals surface area (Å²) < 4.78 is 53.7. The molecule has 0 atom stereocenters. The Morgan fingerprint density at radius 3 is 2.47 bits per heavy atom. The minimum atomic E-state index is -4.78. The van der Waals surface area contributed by atoms with Gasteiger partial charge in [-0.15, -0.1) is 13.2 Å². The van der Waals surface area contributed by atoms with E-state index < -0.39 is 18.1 Å². The Morgan fingerprint density at radius 2 is 1.84 bits per heavy atom. The van der Waals surface area contributed by atoms with Crippen molar-refractivity contribution in [1.29, 1.82) is 0 Å². The van der Waals surface area contributed by atoms with Crippen molar-refractivity contribution >= 4 is 0 Å². The molecular formula is C13H9F4NO. The molecule has 0 saturated carbocycles. The van der Waals surface area contributed by atoms with Gasteiger partial charge in [0.25, 0.3) is 0 Å². The number of rotatable bonds is 2. The second-order valence-electron chi connectivity index (χ2n) is 3.87. The highest BCUT2D eigenvalue weighted by Gasteiger charge is 2.31. The predicted molar refractivity (Wildman–Crippen MR) is 61.1 cm³/mol. The number of nitrogens with zero attached hydrogens (tertiary/aromatic N) is 1. The zero-order valence-electron chi connectivity index (χ0n) is 9.83. The van der Waals surface area contributed by atoms with E-state index >= 15 is 0 Å². The fourth-order valence-electron chi connectivity index (χ4n) is 1.60. The normalized spacial score (nSPS) is 11.4. The van der Waals surface area contributed by atoms with Crippen molar-refractivity contribution in [2.75, 3.05) is 0 Å². The first-order valence-electron chi connectivity index (χ1n) is 5.34. The Labute approximate surface area is 106 Å². The predicted octanol–water partition coefficient (Wildman–Crippen LogP) is 4.09. The largest absolute Gasteiger partial charge is 0.573 e. The fraction of sp³-hybridized carbons (Fsp3) is 0.154. The second-order valence-corrected chi connectivity index (χ2v) is 3.87. The van der Waals surface area contributed by atoms with Crippen LogP contribution >= 0.6 is 0 Å². The van der Waals surface area contributed by atoms with E-state index in [9.17, 15) is 17.6 Å². The molecule has 0 aliphatic carbocycles. The first-order valence-corrected chi connectivity index (χ1v) is 5.34. The van der Waals surface area contributed by atoms with Crippen LogP contribution in [0.3, 0.4) is 0 Å². The lowest BCUT2D eigenvalue weighted by Gasteiger charge is -2.10. The lowest BCUT2D eigenvalue weighted by molar-refractivity contribution is -0.274. The Morgan fingerprint density at radius 1 is 1.11 bits per heavy atom. The van der Waals surface area contributed by atoms with E-state index in [1.807, 2.05) is 0 Å². The molecule has 0 spiro atoms. The molecule has 0 amide bonds. The van der Waals surface area contributed by atoms with E-state index in [1.54, 1.807) is 13.0 Å². The van der Waals surface area contributed by atoms with E-state index in [1.165, 1.54) is 18.2 Å². The molecule has 2 nitrogen and oxygen atoms in total. The Balaban J connectivity index is 2.38. The molecule has 0 unspecified atom stereocenters. The highest BCUT2D eigenvalue weighted by molar-refractivity contribution is 5.64. The Hall–Kier alpha value is -2.11. The maximum absolute atomic E-state index is 13.6. The molecule has 100 valence electrons. The summed E-state index contributed by atoms with van der Waals surface area (Å²) in [4.78, 5) is 3.62. The maximum atomic E-state index is 13.6. The summed E-state index contributed by atoms with van der Waals surface area (Å²) >= 11 is 0. The van der Waals surface area contributed by atoms with Gasteiger partial charge in [0.1, 0.15) is 5.75 Å². The van der Waals surface area contributed by atoms with Crippen LogP contribution in [-0.4, -0.2) is 11.3 Å². The van der Waals surface area contributed by atoms with Crippen molar-refractivity contribution in [2.24, 2.45) is 0 Å². The third-order valence-electron chi connectivity index (χ3n) is 2.37. The summed E-state index contributed by atoms with van der Waals surface area (Å²) in [6.45, 7) is 1.62. The summed E-state index contributed by atoms with van der Waals surface area (Å²) in [6, 6.07) is 8.15. The lowest BCUT2D eigenvalue weighted by atomic mass is 10.1. The molecule has 0 aliphatic rings. The third kappa shape index (κ3) is 3.43. The Kier molecular flexibility index (Phi) is 3.42. The summed E-state index contributed by atoms with van der Waals surface area (Å²) in [7, 11) is 0. The van der Waals surface area contributed by atoms with Crippen molar-refractivity contribution in [2.45, 2.75) is 13.3 Å². The van der Waals surface area contributed by atoms with Crippen molar-refractivity contribution < 1.29 is 22.3 Å². The molecule has 1 heterocycles. The number of benzene rings is 1. The number of halogens is 4. The van der Waals surface area contributed by atoms with Crippen LogP contribution in [0.15, 0.2) is 36.4 Å². The summed E-state index contributed by atoms with van der Waals surface area (Å²) in [6.07, 6.45) is -4.78. The molecule has 1 aromatic heterocycles. The van der Waals surface area contributed by atoms with Crippen molar-refractivity contribution in [3.05, 3.63) is 48.0 Å². The average Bonchev–Trinajstić information content (AvgIpc) is 2.26. The first-order chi connectivity index (χ1) is 8.85. The molecule has 2 aromatic rings. The zero-order valence-corrected chi connectivity index (χ0v) is 9.83. The molecule has 2 rings (SSSR count). The maximum Gasteiger partial charge on any atom is 0.573 e. The van der Waals surface area contributed by atoms with Gasteiger partial charge >= 0.3 is 6.36 Å². The molecule has 0 bridgehead atoms. The molecule has 0 N–H and O–H groups in total. The highest BCUT2D eigenvalue weighted by Crippen LogP contribution is 2.28. The van der Waals surface area contributed by atoms with Crippen LogP contribution in [0.2, 0.25) is 0 Å². The monoisotopic (exact) mass is 271 g/mol. The van der Waals surface area contributed by atoms with Gasteiger partial charge in [-0.05, 0) is 36.8 Å². The molecule has 0 saturated heterocycles. The van der Waals surface area contributed by atoms with Crippen LogP contribution in [0.4, 0.5) is 17.6 Å². The molecule has 0 aliphatic heterocycles. The molecule has 19 heavy (non-hydrogen) atoms. The Bertz CT molecular complexity index is 595. The third-order valence-corrected chi connectivity index (χ3v) is 2.37. The van der Waals surface area contributed by atoms with Crippen LogP contribution in [0.5, 0.6) is 5.75 Å². The number of ether oxygens (including phenoxy) is 1. The second kappa shape index (κ2) is 4.87. The number of pyridine rings is 1. The number of aromatic nitrogens is 1. The highest BCUT2D eigenvalue weighted by atomic mass is 19.4.